The van der Waals surface area contributed by atoms with Gasteiger partial charge in [-0.25, -0.2) is 0 Å². The molecule has 19 heavy (non-hydrogen) atoms. The number of terminal acetylenes is 1. The van der Waals surface area contributed by atoms with Crippen LogP contribution in [0.25, 0.3) is 0 Å². The average molecular weight is 284 g/mol. The van der Waals surface area contributed by atoms with Crippen LogP contribution in [0.15, 0.2) is 18.2 Å². The molecule has 0 atom stereocenters. The van der Waals surface area contributed by atoms with Gasteiger partial charge in [0.15, 0.2) is 11.5 Å². The number of halogens is 1. The van der Waals surface area contributed by atoms with Crippen molar-refractivity contribution in [1.82, 2.24) is 5.32 Å². The van der Waals surface area contributed by atoms with Crippen molar-refractivity contribution >= 4 is 12.4 Å². The SMILES string of the molecule is C#CCOc1c(CNCCC)cccc1OCC.Cl. The standard InChI is InChI=1S/C15H21NO2.ClH/c1-4-10-16-12-13-8-7-9-14(17-6-3)15(13)18-11-5-2;/h2,7-9,16H,4,6,10-12H2,1,3H3;1H. The third-order valence-electron chi connectivity index (χ3n) is 2.40. The van der Waals surface area contributed by atoms with E-state index in [-0.39, 0.29) is 19.0 Å². The van der Waals surface area contributed by atoms with E-state index in [1.165, 1.54) is 0 Å². The van der Waals surface area contributed by atoms with E-state index < -0.39 is 0 Å². The number of nitrogens with one attached hydrogen (secondary N) is 1. The van der Waals surface area contributed by atoms with Crippen molar-refractivity contribution in [3.8, 4) is 23.8 Å². The summed E-state index contributed by atoms with van der Waals surface area (Å²) in [7, 11) is 0. The van der Waals surface area contributed by atoms with Crippen LogP contribution in [0.4, 0.5) is 0 Å². The highest BCUT2D eigenvalue weighted by molar-refractivity contribution is 5.85. The van der Waals surface area contributed by atoms with Crippen molar-refractivity contribution in [1.29, 1.82) is 0 Å². The molecule has 0 bridgehead atoms. The van der Waals surface area contributed by atoms with Crippen LogP contribution in [-0.4, -0.2) is 19.8 Å². The number of hydrogen-bond acceptors (Lipinski definition) is 3. The fraction of sp³-hybridized carbons (Fsp3) is 0.467. The maximum absolute atomic E-state index is 5.60. The zero-order valence-corrected chi connectivity index (χ0v) is 12.4. The molecule has 0 radical (unpaired) electrons. The van der Waals surface area contributed by atoms with E-state index in [1.54, 1.807) is 0 Å². The molecule has 1 N–H and O–H groups in total. The first-order chi connectivity index (χ1) is 8.83. The van der Waals surface area contributed by atoms with Crippen LogP contribution in [0.5, 0.6) is 11.5 Å². The highest BCUT2D eigenvalue weighted by Crippen LogP contribution is 2.31. The predicted octanol–water partition coefficient (Wildman–Crippen LogP) is 3.02. The third kappa shape index (κ3) is 5.87. The summed E-state index contributed by atoms with van der Waals surface area (Å²) < 4.78 is 11.2. The lowest BCUT2D eigenvalue weighted by molar-refractivity contribution is 0.296. The van der Waals surface area contributed by atoms with Crippen molar-refractivity contribution in [2.75, 3.05) is 19.8 Å². The molecule has 0 aromatic heterocycles. The minimum absolute atomic E-state index is 0. The van der Waals surface area contributed by atoms with Crippen molar-refractivity contribution in [3.63, 3.8) is 0 Å². The van der Waals surface area contributed by atoms with Gasteiger partial charge in [-0.3, -0.25) is 0 Å². The van der Waals surface area contributed by atoms with E-state index in [0.29, 0.717) is 6.61 Å². The molecule has 1 aromatic carbocycles. The summed E-state index contributed by atoms with van der Waals surface area (Å²) in [4.78, 5) is 0. The summed E-state index contributed by atoms with van der Waals surface area (Å²) in [5, 5.41) is 3.35. The predicted molar refractivity (Wildman–Crippen MR) is 81.2 cm³/mol. The summed E-state index contributed by atoms with van der Waals surface area (Å²) in [6.45, 7) is 6.69. The molecule has 106 valence electrons. The highest BCUT2D eigenvalue weighted by Gasteiger charge is 2.10. The van der Waals surface area contributed by atoms with Crippen LogP contribution in [0.1, 0.15) is 25.8 Å². The molecule has 0 saturated carbocycles. The van der Waals surface area contributed by atoms with Crippen LogP contribution in [0.2, 0.25) is 0 Å². The number of rotatable bonds is 8. The molecule has 0 aliphatic heterocycles. The van der Waals surface area contributed by atoms with Gasteiger partial charge in [-0.2, -0.15) is 0 Å². The van der Waals surface area contributed by atoms with Gasteiger partial charge in [-0.15, -0.1) is 18.8 Å². The molecule has 3 nitrogen and oxygen atoms in total. The first-order valence-corrected chi connectivity index (χ1v) is 6.35. The van der Waals surface area contributed by atoms with Crippen LogP contribution >= 0.6 is 12.4 Å². The van der Waals surface area contributed by atoms with Gasteiger partial charge in [0.25, 0.3) is 0 Å². The molecule has 0 spiro atoms. The second-order valence-corrected chi connectivity index (χ2v) is 3.85. The van der Waals surface area contributed by atoms with Gasteiger partial charge >= 0.3 is 0 Å². The Hall–Kier alpha value is -1.37. The lowest BCUT2D eigenvalue weighted by Gasteiger charge is -2.15. The second kappa shape index (κ2) is 10.5. The molecule has 0 unspecified atom stereocenters. The van der Waals surface area contributed by atoms with E-state index >= 15 is 0 Å². The Balaban J connectivity index is 0.00000324. The molecular formula is C15H22ClNO2. The minimum atomic E-state index is 0. The summed E-state index contributed by atoms with van der Waals surface area (Å²) in [6, 6.07) is 5.90. The first kappa shape index (κ1) is 17.6. The first-order valence-electron chi connectivity index (χ1n) is 6.35. The fourth-order valence-electron chi connectivity index (χ4n) is 1.65. The molecule has 0 aliphatic carbocycles. The third-order valence-corrected chi connectivity index (χ3v) is 2.40. The van der Waals surface area contributed by atoms with Crippen molar-refractivity contribution < 1.29 is 9.47 Å². The number of ether oxygens (including phenoxy) is 2. The topological polar surface area (TPSA) is 30.5 Å². The Labute approximate surface area is 122 Å². The maximum atomic E-state index is 5.60. The van der Waals surface area contributed by atoms with Crippen molar-refractivity contribution in [2.45, 2.75) is 26.8 Å². The van der Waals surface area contributed by atoms with Crippen LogP contribution in [0.3, 0.4) is 0 Å². The molecule has 0 saturated heterocycles. The lowest BCUT2D eigenvalue weighted by Crippen LogP contribution is -2.15. The lowest BCUT2D eigenvalue weighted by atomic mass is 10.2. The van der Waals surface area contributed by atoms with Crippen LogP contribution < -0.4 is 14.8 Å². The van der Waals surface area contributed by atoms with Crippen LogP contribution in [0, 0.1) is 12.3 Å². The zero-order valence-electron chi connectivity index (χ0n) is 11.6. The molecule has 4 heteroatoms. The van der Waals surface area contributed by atoms with E-state index in [9.17, 15) is 0 Å². The van der Waals surface area contributed by atoms with Crippen molar-refractivity contribution in [2.24, 2.45) is 0 Å². The highest BCUT2D eigenvalue weighted by atomic mass is 35.5. The Bertz CT molecular complexity index is 402. The Morgan fingerprint density at radius 1 is 1.26 bits per heavy atom. The number of para-hydroxylation sites is 1. The molecular weight excluding hydrogens is 262 g/mol. The van der Waals surface area contributed by atoms with Gasteiger partial charge in [0, 0.05) is 12.1 Å². The molecule has 0 heterocycles. The molecule has 0 fully saturated rings. The summed E-state index contributed by atoms with van der Waals surface area (Å²) in [5.74, 6) is 3.99. The number of benzene rings is 1. The Morgan fingerprint density at radius 2 is 2.05 bits per heavy atom. The molecule has 1 rings (SSSR count). The molecule has 1 aromatic rings. The quantitative estimate of drug-likeness (QED) is 0.588. The average Bonchev–Trinajstić information content (AvgIpc) is 2.38. The van der Waals surface area contributed by atoms with E-state index in [2.05, 4.69) is 18.2 Å². The van der Waals surface area contributed by atoms with Gasteiger partial charge in [-0.05, 0) is 26.0 Å². The van der Waals surface area contributed by atoms with Gasteiger partial charge in [0.05, 0.1) is 6.61 Å². The second-order valence-electron chi connectivity index (χ2n) is 3.85. The largest absolute Gasteiger partial charge is 0.490 e. The van der Waals surface area contributed by atoms with Gasteiger partial charge in [0.1, 0.15) is 6.61 Å². The van der Waals surface area contributed by atoms with Crippen molar-refractivity contribution in [3.05, 3.63) is 23.8 Å². The normalized spacial score (nSPS) is 9.32. The zero-order chi connectivity index (χ0) is 13.2. The molecule has 0 aliphatic rings. The Morgan fingerprint density at radius 3 is 2.68 bits per heavy atom. The summed E-state index contributed by atoms with van der Waals surface area (Å²) >= 11 is 0. The summed E-state index contributed by atoms with van der Waals surface area (Å²) in [5.41, 5.74) is 1.07. The fourth-order valence-corrected chi connectivity index (χ4v) is 1.65. The van der Waals surface area contributed by atoms with E-state index in [0.717, 1.165) is 36.6 Å². The van der Waals surface area contributed by atoms with E-state index in [1.807, 2.05) is 25.1 Å². The maximum Gasteiger partial charge on any atom is 0.167 e. The van der Waals surface area contributed by atoms with Gasteiger partial charge in [0.2, 0.25) is 0 Å². The number of hydrogen-bond donors (Lipinski definition) is 1. The summed E-state index contributed by atoms with van der Waals surface area (Å²) in [6.07, 6.45) is 6.34. The van der Waals surface area contributed by atoms with Gasteiger partial charge < -0.3 is 14.8 Å². The monoisotopic (exact) mass is 283 g/mol. The van der Waals surface area contributed by atoms with E-state index in [4.69, 9.17) is 15.9 Å². The minimum Gasteiger partial charge on any atom is -0.490 e. The molecule has 0 amide bonds. The van der Waals surface area contributed by atoms with Crippen LogP contribution in [-0.2, 0) is 6.54 Å². The smallest absolute Gasteiger partial charge is 0.167 e. The Kier molecular flexibility index (Phi) is 9.78. The van der Waals surface area contributed by atoms with Gasteiger partial charge in [-0.1, -0.05) is 25.0 Å².